The number of aryl methyl sites for hydroxylation is 1. The summed E-state index contributed by atoms with van der Waals surface area (Å²) in [6.45, 7) is 6.31. The molecule has 1 N–H and O–H groups in total. The summed E-state index contributed by atoms with van der Waals surface area (Å²) < 4.78 is 16.0. The Hall–Kier alpha value is -2.50. The lowest BCUT2D eigenvalue weighted by Gasteiger charge is -2.11. The normalized spacial score (nSPS) is 10.4. The Bertz CT molecular complexity index is 648. The number of ether oxygens (including phenoxy) is 2. The minimum absolute atomic E-state index is 0.0570. The maximum absolute atomic E-state index is 11.3. The Morgan fingerprint density at radius 2 is 1.90 bits per heavy atom. The predicted molar refractivity (Wildman–Crippen MR) is 76.0 cm³/mol. The summed E-state index contributed by atoms with van der Waals surface area (Å²) in [5.74, 6) is 0.356. The molecule has 0 fully saturated rings. The quantitative estimate of drug-likeness (QED) is 0.880. The maximum Gasteiger partial charge on any atom is 0.341 e. The van der Waals surface area contributed by atoms with Crippen LogP contribution in [-0.4, -0.2) is 29.4 Å². The molecule has 6 nitrogen and oxygen atoms in total. The Morgan fingerprint density at radius 1 is 1.24 bits per heavy atom. The topological polar surface area (TPSA) is 81.8 Å². The number of aromatic carboxylic acids is 1. The van der Waals surface area contributed by atoms with Gasteiger partial charge < -0.3 is 19.1 Å². The van der Waals surface area contributed by atoms with E-state index in [1.165, 1.54) is 0 Å². The Morgan fingerprint density at radius 3 is 2.52 bits per heavy atom. The van der Waals surface area contributed by atoms with Crippen molar-refractivity contribution in [1.29, 1.82) is 0 Å². The van der Waals surface area contributed by atoms with Gasteiger partial charge in [-0.15, -0.1) is 0 Å². The van der Waals surface area contributed by atoms with E-state index in [9.17, 15) is 9.90 Å². The summed E-state index contributed by atoms with van der Waals surface area (Å²) in [6.07, 6.45) is 0. The van der Waals surface area contributed by atoms with Crippen molar-refractivity contribution in [2.75, 3.05) is 13.2 Å². The van der Waals surface area contributed by atoms with Crippen LogP contribution in [-0.2, 0) is 0 Å². The number of carbonyl (C=O) groups is 1. The zero-order chi connectivity index (χ0) is 15.4. The van der Waals surface area contributed by atoms with Crippen LogP contribution in [0.15, 0.2) is 22.7 Å². The Balaban J connectivity index is 2.50. The van der Waals surface area contributed by atoms with Crippen LogP contribution in [0, 0.1) is 6.92 Å². The van der Waals surface area contributed by atoms with Gasteiger partial charge >= 0.3 is 5.97 Å². The molecule has 21 heavy (non-hydrogen) atoms. The fraction of sp³-hybridized carbons (Fsp3) is 0.333. The highest BCUT2D eigenvalue weighted by atomic mass is 16.5. The minimum atomic E-state index is -1.07. The molecule has 0 saturated carbocycles. The van der Waals surface area contributed by atoms with E-state index in [1.807, 2.05) is 13.8 Å². The molecular weight excluding hydrogens is 274 g/mol. The number of carboxylic acids is 1. The van der Waals surface area contributed by atoms with Gasteiger partial charge in [0.05, 0.1) is 13.2 Å². The fourth-order valence-corrected chi connectivity index (χ4v) is 2.02. The second-order valence-electron chi connectivity index (χ2n) is 4.30. The highest BCUT2D eigenvalue weighted by Gasteiger charge is 2.21. The summed E-state index contributed by atoms with van der Waals surface area (Å²) in [7, 11) is 0. The molecule has 0 amide bonds. The first-order valence-electron chi connectivity index (χ1n) is 6.68. The zero-order valence-electron chi connectivity index (χ0n) is 12.2. The van der Waals surface area contributed by atoms with Gasteiger partial charge in [0.1, 0.15) is 17.0 Å². The molecule has 112 valence electrons. The molecule has 0 atom stereocenters. The number of hydrogen-bond donors (Lipinski definition) is 1. The molecule has 0 radical (unpaired) electrons. The molecule has 0 aliphatic carbocycles. The molecule has 0 aliphatic rings. The van der Waals surface area contributed by atoms with Gasteiger partial charge in [-0.2, -0.15) is 0 Å². The number of aromatic nitrogens is 1. The molecular formula is C15H17NO5. The van der Waals surface area contributed by atoms with Gasteiger partial charge in [-0.1, -0.05) is 5.16 Å². The fourth-order valence-electron chi connectivity index (χ4n) is 2.02. The van der Waals surface area contributed by atoms with E-state index >= 15 is 0 Å². The molecule has 0 aliphatic heterocycles. The number of rotatable bonds is 6. The van der Waals surface area contributed by atoms with E-state index in [0.29, 0.717) is 30.3 Å². The van der Waals surface area contributed by atoms with Crippen LogP contribution in [0.2, 0.25) is 0 Å². The average Bonchev–Trinajstić information content (AvgIpc) is 2.83. The molecule has 2 rings (SSSR count). The van der Waals surface area contributed by atoms with Crippen LogP contribution in [0.3, 0.4) is 0 Å². The van der Waals surface area contributed by atoms with Gasteiger partial charge in [0.2, 0.25) is 0 Å². The second-order valence-corrected chi connectivity index (χ2v) is 4.30. The van der Waals surface area contributed by atoms with E-state index in [2.05, 4.69) is 5.16 Å². The van der Waals surface area contributed by atoms with Crippen molar-refractivity contribution in [3.63, 3.8) is 0 Å². The summed E-state index contributed by atoms with van der Waals surface area (Å²) in [4.78, 5) is 11.3. The largest absolute Gasteiger partial charge is 0.490 e. The van der Waals surface area contributed by atoms with Crippen LogP contribution >= 0.6 is 0 Å². The van der Waals surface area contributed by atoms with Gasteiger partial charge in [-0.3, -0.25) is 0 Å². The lowest BCUT2D eigenvalue weighted by atomic mass is 10.1. The van der Waals surface area contributed by atoms with Crippen LogP contribution in [0.5, 0.6) is 11.5 Å². The monoisotopic (exact) mass is 291 g/mol. The predicted octanol–water partition coefficient (Wildman–Crippen LogP) is 3.15. The molecule has 1 aromatic heterocycles. The number of nitrogens with zero attached hydrogens (tertiary/aromatic N) is 1. The number of benzene rings is 1. The summed E-state index contributed by atoms with van der Waals surface area (Å²) in [6, 6.07) is 5.18. The van der Waals surface area contributed by atoms with Crippen LogP contribution in [0.25, 0.3) is 11.3 Å². The first-order valence-corrected chi connectivity index (χ1v) is 6.68. The molecule has 0 saturated heterocycles. The average molecular weight is 291 g/mol. The zero-order valence-corrected chi connectivity index (χ0v) is 12.2. The van der Waals surface area contributed by atoms with E-state index in [1.54, 1.807) is 25.1 Å². The van der Waals surface area contributed by atoms with Crippen molar-refractivity contribution in [2.24, 2.45) is 0 Å². The third-order valence-electron chi connectivity index (χ3n) is 2.89. The van der Waals surface area contributed by atoms with Crippen LogP contribution in [0.1, 0.15) is 30.0 Å². The summed E-state index contributed by atoms with van der Waals surface area (Å²) in [5.41, 5.74) is 0.946. The Kier molecular flexibility index (Phi) is 4.47. The van der Waals surface area contributed by atoms with Crippen molar-refractivity contribution in [3.8, 4) is 22.8 Å². The van der Waals surface area contributed by atoms with Gasteiger partial charge in [-0.05, 0) is 39.0 Å². The molecule has 1 heterocycles. The van der Waals surface area contributed by atoms with Crippen LogP contribution in [0.4, 0.5) is 0 Å². The first kappa shape index (κ1) is 14.9. The van der Waals surface area contributed by atoms with Crippen molar-refractivity contribution in [1.82, 2.24) is 5.16 Å². The minimum Gasteiger partial charge on any atom is -0.490 e. The van der Waals surface area contributed by atoms with Crippen molar-refractivity contribution >= 4 is 5.97 Å². The van der Waals surface area contributed by atoms with Gasteiger partial charge in [-0.25, -0.2) is 4.79 Å². The smallest absolute Gasteiger partial charge is 0.341 e. The SMILES string of the molecule is CCOc1ccc(-c2noc(C)c2C(=O)O)cc1OCC. The molecule has 2 aromatic rings. The standard InChI is InChI=1S/C15H17NO5/c1-4-19-11-7-6-10(8-12(11)20-5-2)14-13(15(17)18)9(3)21-16-14/h6-8H,4-5H2,1-3H3,(H,17,18). The first-order chi connectivity index (χ1) is 10.1. The van der Waals surface area contributed by atoms with E-state index < -0.39 is 5.97 Å². The van der Waals surface area contributed by atoms with Crippen molar-refractivity contribution in [2.45, 2.75) is 20.8 Å². The molecule has 1 aromatic carbocycles. The third kappa shape index (κ3) is 2.99. The van der Waals surface area contributed by atoms with Gasteiger partial charge in [0.15, 0.2) is 11.5 Å². The highest BCUT2D eigenvalue weighted by molar-refractivity contribution is 5.95. The number of hydrogen-bond acceptors (Lipinski definition) is 5. The molecule has 0 spiro atoms. The molecule has 0 unspecified atom stereocenters. The van der Waals surface area contributed by atoms with Crippen molar-refractivity contribution < 1.29 is 23.9 Å². The summed E-state index contributed by atoms with van der Waals surface area (Å²) in [5, 5.41) is 13.1. The lowest BCUT2D eigenvalue weighted by molar-refractivity contribution is 0.0695. The Labute approximate surface area is 122 Å². The van der Waals surface area contributed by atoms with E-state index in [-0.39, 0.29) is 17.0 Å². The van der Waals surface area contributed by atoms with Gasteiger partial charge in [0, 0.05) is 5.56 Å². The van der Waals surface area contributed by atoms with Crippen molar-refractivity contribution in [3.05, 3.63) is 29.5 Å². The lowest BCUT2D eigenvalue weighted by Crippen LogP contribution is -2.01. The second kappa shape index (κ2) is 6.30. The molecule has 0 bridgehead atoms. The maximum atomic E-state index is 11.3. The van der Waals surface area contributed by atoms with Crippen LogP contribution < -0.4 is 9.47 Å². The summed E-state index contributed by atoms with van der Waals surface area (Å²) >= 11 is 0. The highest BCUT2D eigenvalue weighted by Crippen LogP contribution is 2.34. The van der Waals surface area contributed by atoms with E-state index in [4.69, 9.17) is 14.0 Å². The molecule has 6 heteroatoms. The van der Waals surface area contributed by atoms with Gasteiger partial charge in [0.25, 0.3) is 0 Å². The van der Waals surface area contributed by atoms with E-state index in [0.717, 1.165) is 0 Å². The number of carboxylic acid groups (broad SMARTS) is 1. The third-order valence-corrected chi connectivity index (χ3v) is 2.89.